The van der Waals surface area contributed by atoms with E-state index in [0.29, 0.717) is 28.7 Å². The van der Waals surface area contributed by atoms with Crippen LogP contribution in [0, 0.1) is 6.92 Å². The van der Waals surface area contributed by atoms with Crippen LogP contribution in [0.15, 0.2) is 12.1 Å². The zero-order valence-corrected chi connectivity index (χ0v) is 11.9. The van der Waals surface area contributed by atoms with Crippen LogP contribution in [0.4, 0.5) is 5.69 Å². The van der Waals surface area contributed by atoms with E-state index in [1.807, 2.05) is 6.92 Å². The number of benzene rings is 1. The molecular formula is C13H18Cl2N2O. The molecule has 18 heavy (non-hydrogen) atoms. The molecule has 3 N–H and O–H groups in total. The van der Waals surface area contributed by atoms with Crippen LogP contribution in [0.1, 0.15) is 31.2 Å². The van der Waals surface area contributed by atoms with Crippen LogP contribution < -0.4 is 11.1 Å². The maximum atomic E-state index is 11.7. The van der Waals surface area contributed by atoms with Gasteiger partial charge in [-0.1, -0.05) is 29.6 Å². The molecule has 1 rings (SSSR count). The van der Waals surface area contributed by atoms with Gasteiger partial charge in [-0.2, -0.15) is 0 Å². The quantitative estimate of drug-likeness (QED) is 0.783. The molecule has 1 amide bonds. The van der Waals surface area contributed by atoms with Crippen molar-refractivity contribution in [2.24, 2.45) is 5.73 Å². The topological polar surface area (TPSA) is 55.1 Å². The SMILES string of the molecule is Cc1cc(Cl)c(NC(=O)CCCCCN)cc1Cl. The molecule has 0 saturated heterocycles. The van der Waals surface area contributed by atoms with E-state index in [1.165, 1.54) is 0 Å². The summed E-state index contributed by atoms with van der Waals surface area (Å²) in [4.78, 5) is 11.7. The van der Waals surface area contributed by atoms with Gasteiger partial charge in [0.05, 0.1) is 10.7 Å². The van der Waals surface area contributed by atoms with Crippen LogP contribution in [0.5, 0.6) is 0 Å². The van der Waals surface area contributed by atoms with E-state index in [-0.39, 0.29) is 5.91 Å². The summed E-state index contributed by atoms with van der Waals surface area (Å²) in [6, 6.07) is 3.42. The summed E-state index contributed by atoms with van der Waals surface area (Å²) >= 11 is 12.0. The normalized spacial score (nSPS) is 10.4. The Morgan fingerprint density at radius 2 is 1.94 bits per heavy atom. The molecular weight excluding hydrogens is 271 g/mol. The summed E-state index contributed by atoms with van der Waals surface area (Å²) in [6.07, 6.45) is 3.22. The van der Waals surface area contributed by atoms with Crippen molar-refractivity contribution in [1.82, 2.24) is 0 Å². The standard InChI is InChI=1S/C13H18Cl2N2O/c1-9-7-11(15)12(8-10(9)14)17-13(18)5-3-2-4-6-16/h7-8H,2-6,16H2,1H3,(H,17,18). The lowest BCUT2D eigenvalue weighted by atomic mass is 10.2. The molecule has 100 valence electrons. The fraction of sp³-hybridized carbons (Fsp3) is 0.462. The van der Waals surface area contributed by atoms with Gasteiger partial charge < -0.3 is 11.1 Å². The van der Waals surface area contributed by atoms with Crippen LogP contribution in [0.3, 0.4) is 0 Å². The third-order valence-corrected chi connectivity index (χ3v) is 3.35. The molecule has 0 saturated carbocycles. The highest BCUT2D eigenvalue weighted by Crippen LogP contribution is 2.28. The van der Waals surface area contributed by atoms with Crippen molar-refractivity contribution < 1.29 is 4.79 Å². The summed E-state index contributed by atoms with van der Waals surface area (Å²) in [6.45, 7) is 2.54. The molecule has 0 spiro atoms. The number of carbonyl (C=O) groups is 1. The third kappa shape index (κ3) is 4.84. The molecule has 0 aliphatic heterocycles. The van der Waals surface area contributed by atoms with Gasteiger partial charge >= 0.3 is 0 Å². The third-order valence-electron chi connectivity index (χ3n) is 2.63. The lowest BCUT2D eigenvalue weighted by Gasteiger charge is -2.09. The Morgan fingerprint density at radius 1 is 1.22 bits per heavy atom. The zero-order chi connectivity index (χ0) is 13.5. The van der Waals surface area contributed by atoms with Crippen LogP contribution in [0.2, 0.25) is 10.0 Å². The molecule has 0 fully saturated rings. The number of rotatable bonds is 6. The van der Waals surface area contributed by atoms with Crippen molar-refractivity contribution in [3.8, 4) is 0 Å². The highest BCUT2D eigenvalue weighted by atomic mass is 35.5. The average Bonchev–Trinajstić information content (AvgIpc) is 2.32. The Bertz CT molecular complexity index is 422. The molecule has 5 heteroatoms. The first-order valence-corrected chi connectivity index (χ1v) is 6.75. The molecule has 0 aliphatic rings. The van der Waals surface area contributed by atoms with Gasteiger partial charge in [0.25, 0.3) is 0 Å². The number of halogens is 2. The molecule has 1 aromatic carbocycles. The van der Waals surface area contributed by atoms with Crippen LogP contribution >= 0.6 is 23.2 Å². The van der Waals surface area contributed by atoms with E-state index in [2.05, 4.69) is 5.32 Å². The number of amides is 1. The van der Waals surface area contributed by atoms with Gasteiger partial charge in [0.1, 0.15) is 0 Å². The number of hydrogen-bond acceptors (Lipinski definition) is 2. The molecule has 0 atom stereocenters. The number of nitrogens with two attached hydrogens (primary N) is 1. The molecule has 0 bridgehead atoms. The summed E-state index contributed by atoms with van der Waals surface area (Å²) < 4.78 is 0. The number of hydrogen-bond donors (Lipinski definition) is 2. The van der Waals surface area contributed by atoms with Gasteiger partial charge in [-0.25, -0.2) is 0 Å². The molecule has 0 unspecified atom stereocenters. The number of carbonyl (C=O) groups excluding carboxylic acids is 1. The fourth-order valence-corrected chi connectivity index (χ4v) is 1.99. The second kappa shape index (κ2) is 7.62. The second-order valence-electron chi connectivity index (χ2n) is 4.23. The first-order valence-electron chi connectivity index (χ1n) is 6.00. The average molecular weight is 289 g/mol. The van der Waals surface area contributed by atoms with Crippen molar-refractivity contribution in [2.75, 3.05) is 11.9 Å². The Hall–Kier alpha value is -0.770. The van der Waals surface area contributed by atoms with Gasteiger partial charge in [0, 0.05) is 11.4 Å². The van der Waals surface area contributed by atoms with Gasteiger partial charge in [-0.15, -0.1) is 0 Å². The van der Waals surface area contributed by atoms with Gasteiger partial charge in [0.15, 0.2) is 0 Å². The molecule has 1 aromatic rings. The smallest absolute Gasteiger partial charge is 0.224 e. The second-order valence-corrected chi connectivity index (χ2v) is 5.04. The van der Waals surface area contributed by atoms with Crippen LogP contribution in [0.25, 0.3) is 0 Å². The molecule has 0 radical (unpaired) electrons. The maximum absolute atomic E-state index is 11.7. The number of unbranched alkanes of at least 4 members (excludes halogenated alkanes) is 2. The fourth-order valence-electron chi connectivity index (χ4n) is 1.56. The van der Waals surface area contributed by atoms with Crippen molar-refractivity contribution in [2.45, 2.75) is 32.6 Å². The minimum Gasteiger partial charge on any atom is -0.330 e. The Labute approximate surface area is 118 Å². The van der Waals surface area contributed by atoms with Gasteiger partial charge in [-0.05, 0) is 44.0 Å². The van der Waals surface area contributed by atoms with E-state index in [1.54, 1.807) is 12.1 Å². The zero-order valence-electron chi connectivity index (χ0n) is 10.4. The summed E-state index contributed by atoms with van der Waals surface area (Å²) in [7, 11) is 0. The lowest BCUT2D eigenvalue weighted by Crippen LogP contribution is -2.11. The predicted molar refractivity (Wildman–Crippen MR) is 77.4 cm³/mol. The Balaban J connectivity index is 2.51. The molecule has 0 aliphatic carbocycles. The van der Waals surface area contributed by atoms with Gasteiger partial charge in [-0.3, -0.25) is 4.79 Å². The van der Waals surface area contributed by atoms with Crippen molar-refractivity contribution in [3.05, 3.63) is 27.7 Å². The highest BCUT2D eigenvalue weighted by molar-refractivity contribution is 6.36. The van der Waals surface area contributed by atoms with E-state index < -0.39 is 0 Å². The van der Waals surface area contributed by atoms with Crippen molar-refractivity contribution in [1.29, 1.82) is 0 Å². The molecule has 3 nitrogen and oxygen atoms in total. The minimum atomic E-state index is -0.0474. The van der Waals surface area contributed by atoms with E-state index in [0.717, 1.165) is 24.8 Å². The maximum Gasteiger partial charge on any atom is 0.224 e. The van der Waals surface area contributed by atoms with Crippen molar-refractivity contribution >= 4 is 34.8 Å². The number of aryl methyl sites for hydroxylation is 1. The van der Waals surface area contributed by atoms with Gasteiger partial charge in [0.2, 0.25) is 5.91 Å². The highest BCUT2D eigenvalue weighted by Gasteiger charge is 2.08. The lowest BCUT2D eigenvalue weighted by molar-refractivity contribution is -0.116. The first kappa shape index (κ1) is 15.3. The molecule has 0 aromatic heterocycles. The Morgan fingerprint density at radius 3 is 2.61 bits per heavy atom. The van der Waals surface area contributed by atoms with Crippen LogP contribution in [-0.2, 0) is 4.79 Å². The van der Waals surface area contributed by atoms with Crippen molar-refractivity contribution in [3.63, 3.8) is 0 Å². The Kier molecular flexibility index (Phi) is 6.47. The number of nitrogens with one attached hydrogen (secondary N) is 1. The first-order chi connectivity index (χ1) is 8.54. The van der Waals surface area contributed by atoms with E-state index >= 15 is 0 Å². The summed E-state index contributed by atoms with van der Waals surface area (Å²) in [5.74, 6) is -0.0474. The summed E-state index contributed by atoms with van der Waals surface area (Å²) in [5.41, 5.74) is 6.84. The predicted octanol–water partition coefficient (Wildman–Crippen LogP) is 3.76. The monoisotopic (exact) mass is 288 g/mol. The number of anilines is 1. The minimum absolute atomic E-state index is 0.0474. The van der Waals surface area contributed by atoms with E-state index in [4.69, 9.17) is 28.9 Å². The van der Waals surface area contributed by atoms with E-state index in [9.17, 15) is 4.79 Å². The summed E-state index contributed by atoms with van der Waals surface area (Å²) in [5, 5.41) is 3.87. The largest absolute Gasteiger partial charge is 0.330 e. The van der Waals surface area contributed by atoms with Crippen LogP contribution in [-0.4, -0.2) is 12.5 Å². The molecule has 0 heterocycles.